The van der Waals surface area contributed by atoms with Crippen molar-refractivity contribution in [3.63, 3.8) is 0 Å². The first-order valence-electron chi connectivity index (χ1n) is 3.97. The molecule has 5 heteroatoms. The van der Waals surface area contributed by atoms with Crippen LogP contribution in [0, 0.1) is 0 Å². The van der Waals surface area contributed by atoms with E-state index < -0.39 is 24.7 Å². The van der Waals surface area contributed by atoms with Gasteiger partial charge < -0.3 is 19.5 Å². The molecule has 0 rings (SSSR count). The van der Waals surface area contributed by atoms with Gasteiger partial charge in [-0.15, -0.1) is 0 Å². The van der Waals surface area contributed by atoms with Crippen molar-refractivity contribution in [1.82, 2.24) is 0 Å². The van der Waals surface area contributed by atoms with Crippen LogP contribution in [-0.2, 0) is 4.79 Å². The molecule has 4 nitrogen and oxygen atoms in total. The fourth-order valence-electron chi connectivity index (χ4n) is 1.30. The van der Waals surface area contributed by atoms with Gasteiger partial charge in [0.25, 0.3) is 0 Å². The highest BCUT2D eigenvalue weighted by Crippen LogP contribution is 2.14. The smallest absolute Gasteiger partial charge is 0.147 e. The van der Waals surface area contributed by atoms with E-state index in [0.29, 0.717) is 4.48 Å². The summed E-state index contributed by atoms with van der Waals surface area (Å²) in [4.78, 5) is 10.2. The zero-order valence-corrected chi connectivity index (χ0v) is 8.21. The fraction of sp³-hybridized carbons (Fsp3) is 0.875. The molecule has 0 aromatic heterocycles. The van der Waals surface area contributed by atoms with Crippen molar-refractivity contribution in [1.29, 1.82) is 0 Å². The van der Waals surface area contributed by atoms with Crippen LogP contribution in [0.25, 0.3) is 0 Å². The molecule has 0 aliphatic carbocycles. The molecule has 0 amide bonds. The van der Waals surface area contributed by atoms with Crippen LogP contribution < -0.4 is 5.11 Å². The predicted octanol–water partition coefficient (Wildman–Crippen LogP) is -1.47. The van der Waals surface area contributed by atoms with Gasteiger partial charge in [0.05, 0.1) is 21.1 Å². The van der Waals surface area contributed by atoms with E-state index in [-0.39, 0.29) is 6.54 Å². The van der Waals surface area contributed by atoms with Gasteiger partial charge in [0, 0.05) is 12.4 Å². The highest BCUT2D eigenvalue weighted by atomic mass is 19.1. The molecule has 0 fully saturated rings. The second-order valence-electron chi connectivity index (χ2n) is 4.36. The van der Waals surface area contributed by atoms with Crippen LogP contribution in [0.1, 0.15) is 6.42 Å². The van der Waals surface area contributed by atoms with E-state index in [1.54, 1.807) is 21.1 Å². The molecule has 1 atom stereocenters. The summed E-state index contributed by atoms with van der Waals surface area (Å²) >= 11 is 0. The van der Waals surface area contributed by atoms with E-state index in [2.05, 4.69) is 0 Å². The van der Waals surface area contributed by atoms with Crippen molar-refractivity contribution in [2.24, 2.45) is 0 Å². The molecule has 0 saturated carbocycles. The number of nitrogens with zero attached hydrogens (tertiary/aromatic N) is 1. The Bertz CT molecular complexity index is 190. The Hall–Kier alpha value is -0.680. The first kappa shape index (κ1) is 12.3. The average Bonchev–Trinajstić information content (AvgIpc) is 1.81. The molecule has 0 bridgehead atoms. The summed E-state index contributed by atoms with van der Waals surface area (Å²) in [5.41, 5.74) is -1.81. The van der Waals surface area contributed by atoms with Crippen molar-refractivity contribution < 1.29 is 23.9 Å². The van der Waals surface area contributed by atoms with E-state index in [1.165, 1.54) is 0 Å². The van der Waals surface area contributed by atoms with Crippen molar-refractivity contribution >= 4 is 5.97 Å². The molecule has 0 aromatic carbocycles. The molecule has 1 N–H and O–H groups in total. The molecule has 0 heterocycles. The first-order valence-corrected chi connectivity index (χ1v) is 3.97. The molecule has 0 aromatic rings. The maximum absolute atomic E-state index is 12.4. The van der Waals surface area contributed by atoms with E-state index in [0.717, 1.165) is 0 Å². The fourth-order valence-corrected chi connectivity index (χ4v) is 1.30. The number of aliphatic hydroxyl groups is 1. The van der Waals surface area contributed by atoms with Gasteiger partial charge in [0.15, 0.2) is 0 Å². The van der Waals surface area contributed by atoms with Gasteiger partial charge >= 0.3 is 0 Å². The third-order valence-electron chi connectivity index (χ3n) is 1.49. The van der Waals surface area contributed by atoms with Crippen LogP contribution in [0.2, 0.25) is 0 Å². The lowest BCUT2D eigenvalue weighted by Gasteiger charge is -2.33. The van der Waals surface area contributed by atoms with Gasteiger partial charge in [-0.05, 0) is 0 Å². The molecule has 13 heavy (non-hydrogen) atoms. The van der Waals surface area contributed by atoms with Crippen LogP contribution in [-0.4, -0.2) is 55.5 Å². The van der Waals surface area contributed by atoms with Gasteiger partial charge in [-0.2, -0.15) is 0 Å². The average molecular weight is 193 g/mol. The lowest BCUT2D eigenvalue weighted by molar-refractivity contribution is -0.877. The molecule has 78 valence electrons. The number of hydrogen-bond donors (Lipinski definition) is 1. The number of rotatable bonds is 5. The van der Waals surface area contributed by atoms with E-state index >= 15 is 0 Å². The van der Waals surface area contributed by atoms with E-state index in [9.17, 15) is 19.4 Å². The molecule has 0 radical (unpaired) electrons. The Labute approximate surface area is 77.2 Å². The lowest BCUT2D eigenvalue weighted by Crippen LogP contribution is -2.53. The second kappa shape index (κ2) is 4.02. The standard InChI is InChI=1S/C8H16FNO3/c1-10(2,3)6-8(13,5-9)4-7(11)12/h13H,4-6H2,1-3H3. The normalized spacial score (nSPS) is 16.7. The van der Waals surface area contributed by atoms with E-state index in [1.807, 2.05) is 0 Å². The molecule has 0 aliphatic heterocycles. The van der Waals surface area contributed by atoms with Crippen LogP contribution in [0.5, 0.6) is 0 Å². The zero-order valence-electron chi connectivity index (χ0n) is 8.21. The third kappa shape index (κ3) is 5.54. The summed E-state index contributed by atoms with van der Waals surface area (Å²) in [6.07, 6.45) is -0.668. The highest BCUT2D eigenvalue weighted by molar-refractivity contribution is 5.65. The molecule has 1 unspecified atom stereocenters. The minimum Gasteiger partial charge on any atom is -0.550 e. The largest absolute Gasteiger partial charge is 0.550 e. The van der Waals surface area contributed by atoms with Crippen LogP contribution in [0.3, 0.4) is 0 Å². The third-order valence-corrected chi connectivity index (χ3v) is 1.49. The topological polar surface area (TPSA) is 60.4 Å². The Morgan fingerprint density at radius 1 is 1.54 bits per heavy atom. The Morgan fingerprint density at radius 2 is 2.00 bits per heavy atom. The van der Waals surface area contributed by atoms with Gasteiger partial charge in [0.1, 0.15) is 18.8 Å². The highest BCUT2D eigenvalue weighted by Gasteiger charge is 2.33. The molecule has 0 spiro atoms. The maximum atomic E-state index is 12.4. The number of likely N-dealkylation sites (N-methyl/N-ethyl adjacent to an activating group) is 1. The first-order chi connectivity index (χ1) is 5.68. The Kier molecular flexibility index (Phi) is 3.81. The number of hydrogen-bond acceptors (Lipinski definition) is 3. The summed E-state index contributed by atoms with van der Waals surface area (Å²) < 4.78 is 12.7. The SMILES string of the molecule is C[N+](C)(C)CC(O)(CF)CC(=O)[O-]. The summed E-state index contributed by atoms with van der Waals surface area (Å²) in [7, 11) is 5.24. The Balaban J connectivity index is 4.36. The number of halogens is 1. The number of carbonyl (C=O) groups is 1. The summed E-state index contributed by atoms with van der Waals surface area (Å²) in [5, 5.41) is 19.7. The van der Waals surface area contributed by atoms with E-state index in [4.69, 9.17) is 0 Å². The van der Waals surface area contributed by atoms with Crippen molar-refractivity contribution in [2.45, 2.75) is 12.0 Å². The molecular weight excluding hydrogens is 177 g/mol. The number of carbonyl (C=O) groups excluding carboxylic acids is 1. The monoisotopic (exact) mass is 193 g/mol. The number of alkyl halides is 1. The predicted molar refractivity (Wildman–Crippen MR) is 43.4 cm³/mol. The van der Waals surface area contributed by atoms with Gasteiger partial charge in [-0.1, -0.05) is 0 Å². The van der Waals surface area contributed by atoms with Crippen molar-refractivity contribution in [3.05, 3.63) is 0 Å². The van der Waals surface area contributed by atoms with Crippen LogP contribution in [0.4, 0.5) is 4.39 Å². The Morgan fingerprint density at radius 3 is 2.23 bits per heavy atom. The quantitative estimate of drug-likeness (QED) is 0.542. The minimum absolute atomic E-state index is 0.0392. The number of carboxylic acid groups (broad SMARTS) is 1. The second-order valence-corrected chi connectivity index (χ2v) is 4.36. The number of quaternary nitrogens is 1. The van der Waals surface area contributed by atoms with Crippen LogP contribution in [0.15, 0.2) is 0 Å². The van der Waals surface area contributed by atoms with Gasteiger partial charge in [-0.3, -0.25) is 0 Å². The lowest BCUT2D eigenvalue weighted by atomic mass is 10.0. The maximum Gasteiger partial charge on any atom is 0.147 e. The number of carboxylic acids is 1. The minimum atomic E-state index is -1.81. The molecule has 0 aliphatic rings. The van der Waals surface area contributed by atoms with Crippen LogP contribution >= 0.6 is 0 Å². The van der Waals surface area contributed by atoms with Gasteiger partial charge in [0.2, 0.25) is 0 Å². The van der Waals surface area contributed by atoms with Crippen molar-refractivity contribution in [3.8, 4) is 0 Å². The number of aliphatic carboxylic acids is 1. The summed E-state index contributed by atoms with van der Waals surface area (Å²) in [6.45, 7) is -1.03. The molecular formula is C8H16FNO3. The van der Waals surface area contributed by atoms with Gasteiger partial charge in [-0.25, -0.2) is 4.39 Å². The van der Waals surface area contributed by atoms with Crippen molar-refractivity contribution in [2.75, 3.05) is 34.4 Å². The summed E-state index contributed by atoms with van der Waals surface area (Å²) in [5.74, 6) is -1.44. The molecule has 0 saturated heterocycles. The summed E-state index contributed by atoms with van der Waals surface area (Å²) in [6, 6.07) is 0. The zero-order chi connectivity index (χ0) is 10.7.